The molecule has 16 heavy (non-hydrogen) atoms. The Morgan fingerprint density at radius 2 is 1.75 bits per heavy atom. The van der Waals surface area contributed by atoms with Gasteiger partial charge in [0.1, 0.15) is 0 Å². The summed E-state index contributed by atoms with van der Waals surface area (Å²) in [7, 11) is 2.20. The quantitative estimate of drug-likeness (QED) is 0.685. The summed E-state index contributed by atoms with van der Waals surface area (Å²) in [4.78, 5) is 2.41. The van der Waals surface area contributed by atoms with Gasteiger partial charge in [-0.3, -0.25) is 0 Å². The van der Waals surface area contributed by atoms with E-state index in [4.69, 9.17) is 0 Å². The third kappa shape index (κ3) is 1.92. The van der Waals surface area contributed by atoms with Crippen LogP contribution in [0.1, 0.15) is 25.3 Å². The van der Waals surface area contributed by atoms with Crippen molar-refractivity contribution in [3.63, 3.8) is 0 Å². The fraction of sp³-hybridized carbons (Fsp3) is 0.467. The molecule has 1 heterocycles. The molecule has 0 atom stereocenters. The van der Waals surface area contributed by atoms with Gasteiger partial charge in [-0.1, -0.05) is 42.5 Å². The summed E-state index contributed by atoms with van der Waals surface area (Å²) < 4.78 is 0. The summed E-state index contributed by atoms with van der Waals surface area (Å²) in [5.74, 6) is 0. The Morgan fingerprint density at radius 1 is 1.19 bits per heavy atom. The third-order valence-corrected chi connectivity index (χ3v) is 3.98. The van der Waals surface area contributed by atoms with Crippen LogP contribution in [0, 0.1) is 0 Å². The molecule has 0 aromatic heterocycles. The first kappa shape index (κ1) is 11.4. The van der Waals surface area contributed by atoms with Crippen molar-refractivity contribution in [1.29, 1.82) is 0 Å². The number of nitrogens with zero attached hydrogens (tertiary/aromatic N) is 1. The van der Waals surface area contributed by atoms with Crippen LogP contribution in [0.5, 0.6) is 0 Å². The van der Waals surface area contributed by atoms with Crippen LogP contribution >= 0.6 is 0 Å². The van der Waals surface area contributed by atoms with Gasteiger partial charge in [-0.25, -0.2) is 0 Å². The van der Waals surface area contributed by atoms with E-state index in [1.54, 1.807) is 0 Å². The lowest BCUT2D eigenvalue weighted by Gasteiger charge is -2.42. The monoisotopic (exact) mass is 215 g/mol. The minimum absolute atomic E-state index is 0.216. The second-order valence-corrected chi connectivity index (χ2v) is 5.03. The highest BCUT2D eigenvalue weighted by molar-refractivity contribution is 5.35. The lowest BCUT2D eigenvalue weighted by Crippen LogP contribution is -2.41. The van der Waals surface area contributed by atoms with Crippen molar-refractivity contribution in [3.05, 3.63) is 48.0 Å². The molecule has 0 unspecified atom stereocenters. The molecule has 0 bridgehead atoms. The van der Waals surface area contributed by atoms with E-state index < -0.39 is 0 Å². The maximum atomic E-state index is 4.23. The van der Waals surface area contributed by atoms with Gasteiger partial charge in [-0.15, -0.1) is 0 Å². The largest absolute Gasteiger partial charge is 0.306 e. The first-order valence-electron chi connectivity index (χ1n) is 6.05. The Labute approximate surface area is 98.8 Å². The molecule has 1 aromatic rings. The maximum Gasteiger partial charge on any atom is 0.0180 e. The average Bonchev–Trinajstić information content (AvgIpc) is 2.31. The minimum Gasteiger partial charge on any atom is -0.306 e. The highest BCUT2D eigenvalue weighted by atomic mass is 15.1. The summed E-state index contributed by atoms with van der Waals surface area (Å²) in [5.41, 5.74) is 2.97. The molecule has 0 aliphatic carbocycles. The number of allylic oxidation sites excluding steroid dienone is 1. The van der Waals surface area contributed by atoms with E-state index in [2.05, 4.69) is 55.8 Å². The zero-order valence-electron chi connectivity index (χ0n) is 10.4. The number of rotatable bonds is 2. The first-order chi connectivity index (χ1) is 7.65. The van der Waals surface area contributed by atoms with Gasteiger partial charge < -0.3 is 4.90 Å². The Bertz CT molecular complexity index is 358. The molecule has 0 spiro atoms. The van der Waals surface area contributed by atoms with Gasteiger partial charge in [0.15, 0.2) is 0 Å². The standard InChI is InChI=1S/C15H21N/c1-13(2)15(9-11-16(3)12-10-15)14-7-5-4-6-8-14/h4-8H,1,9-12H2,2-3H3. The molecule has 1 heteroatoms. The van der Waals surface area contributed by atoms with Crippen LogP contribution in [0.15, 0.2) is 42.5 Å². The van der Waals surface area contributed by atoms with Crippen LogP contribution in [0.3, 0.4) is 0 Å². The Kier molecular flexibility index (Phi) is 3.15. The molecule has 1 aliphatic rings. The highest BCUT2D eigenvalue weighted by Crippen LogP contribution is 2.40. The summed E-state index contributed by atoms with van der Waals surface area (Å²) in [6, 6.07) is 10.9. The van der Waals surface area contributed by atoms with E-state index >= 15 is 0 Å². The number of piperidine rings is 1. The zero-order valence-corrected chi connectivity index (χ0v) is 10.4. The molecule has 0 N–H and O–H groups in total. The van der Waals surface area contributed by atoms with Crippen LogP contribution in [-0.2, 0) is 5.41 Å². The van der Waals surface area contributed by atoms with Gasteiger partial charge >= 0.3 is 0 Å². The molecule has 1 aliphatic heterocycles. The molecule has 0 saturated carbocycles. The van der Waals surface area contributed by atoms with Crippen molar-refractivity contribution >= 4 is 0 Å². The molecule has 1 nitrogen and oxygen atoms in total. The summed E-state index contributed by atoms with van der Waals surface area (Å²) in [5, 5.41) is 0. The summed E-state index contributed by atoms with van der Waals surface area (Å²) in [6.07, 6.45) is 2.39. The lowest BCUT2D eigenvalue weighted by molar-refractivity contribution is 0.210. The summed E-state index contributed by atoms with van der Waals surface area (Å²) in [6.45, 7) is 8.75. The normalized spacial score (nSPS) is 20.6. The SMILES string of the molecule is C=C(C)C1(c2ccccc2)CCN(C)CC1. The Morgan fingerprint density at radius 3 is 2.25 bits per heavy atom. The van der Waals surface area contributed by atoms with Gasteiger partial charge in [0.2, 0.25) is 0 Å². The minimum atomic E-state index is 0.216. The molecular formula is C15H21N. The molecule has 86 valence electrons. The predicted molar refractivity (Wildman–Crippen MR) is 69.7 cm³/mol. The van der Waals surface area contributed by atoms with Crippen molar-refractivity contribution in [2.24, 2.45) is 0 Å². The Hall–Kier alpha value is -1.08. The van der Waals surface area contributed by atoms with Gasteiger partial charge in [-0.05, 0) is 45.5 Å². The van der Waals surface area contributed by atoms with E-state index in [1.807, 2.05) is 0 Å². The van der Waals surface area contributed by atoms with Gasteiger partial charge in [-0.2, -0.15) is 0 Å². The van der Waals surface area contributed by atoms with Crippen molar-refractivity contribution in [2.45, 2.75) is 25.2 Å². The van der Waals surface area contributed by atoms with Crippen molar-refractivity contribution in [2.75, 3.05) is 20.1 Å². The molecule has 1 fully saturated rings. The fourth-order valence-corrected chi connectivity index (χ4v) is 2.72. The molecule has 0 radical (unpaired) electrons. The van der Waals surface area contributed by atoms with Gasteiger partial charge in [0.05, 0.1) is 0 Å². The van der Waals surface area contributed by atoms with Crippen molar-refractivity contribution in [3.8, 4) is 0 Å². The van der Waals surface area contributed by atoms with E-state index in [0.717, 1.165) is 0 Å². The molecule has 2 rings (SSSR count). The van der Waals surface area contributed by atoms with E-state index in [0.29, 0.717) is 0 Å². The highest BCUT2D eigenvalue weighted by Gasteiger charge is 2.35. The van der Waals surface area contributed by atoms with Gasteiger partial charge in [0.25, 0.3) is 0 Å². The average molecular weight is 215 g/mol. The second-order valence-electron chi connectivity index (χ2n) is 5.03. The van der Waals surface area contributed by atoms with Crippen LogP contribution in [-0.4, -0.2) is 25.0 Å². The maximum absolute atomic E-state index is 4.23. The smallest absolute Gasteiger partial charge is 0.0180 e. The van der Waals surface area contributed by atoms with Crippen LogP contribution in [0.25, 0.3) is 0 Å². The fourth-order valence-electron chi connectivity index (χ4n) is 2.72. The molecule has 0 amide bonds. The van der Waals surface area contributed by atoms with Crippen molar-refractivity contribution in [1.82, 2.24) is 4.90 Å². The van der Waals surface area contributed by atoms with Gasteiger partial charge in [0, 0.05) is 5.41 Å². The van der Waals surface area contributed by atoms with Crippen LogP contribution in [0.2, 0.25) is 0 Å². The topological polar surface area (TPSA) is 3.24 Å². The third-order valence-electron chi connectivity index (χ3n) is 3.98. The molecule has 1 saturated heterocycles. The zero-order chi connectivity index (χ0) is 11.6. The van der Waals surface area contributed by atoms with Crippen LogP contribution in [0.4, 0.5) is 0 Å². The van der Waals surface area contributed by atoms with Crippen LogP contribution < -0.4 is 0 Å². The Balaban J connectivity index is 2.34. The molecular weight excluding hydrogens is 194 g/mol. The number of hydrogen-bond donors (Lipinski definition) is 0. The second kappa shape index (κ2) is 4.42. The van der Waals surface area contributed by atoms with E-state index in [-0.39, 0.29) is 5.41 Å². The number of likely N-dealkylation sites (tertiary alicyclic amines) is 1. The molecule has 1 aromatic carbocycles. The lowest BCUT2D eigenvalue weighted by atomic mass is 9.68. The van der Waals surface area contributed by atoms with E-state index in [1.165, 1.54) is 37.1 Å². The van der Waals surface area contributed by atoms with Crippen molar-refractivity contribution < 1.29 is 0 Å². The number of benzene rings is 1. The summed E-state index contributed by atoms with van der Waals surface area (Å²) >= 11 is 0. The first-order valence-corrected chi connectivity index (χ1v) is 6.05. The number of hydrogen-bond acceptors (Lipinski definition) is 1. The predicted octanol–water partition coefficient (Wildman–Crippen LogP) is 3.23. The van der Waals surface area contributed by atoms with E-state index in [9.17, 15) is 0 Å².